The van der Waals surface area contributed by atoms with E-state index < -0.39 is 23.2 Å². The Morgan fingerprint density at radius 3 is 2.69 bits per heavy atom. The van der Waals surface area contributed by atoms with Gasteiger partial charge in [0, 0.05) is 11.8 Å². The minimum Gasteiger partial charge on any atom is -0.374 e. The largest absolute Gasteiger partial charge is 0.374 e. The minimum atomic E-state index is -0.646. The molecule has 26 heavy (non-hydrogen) atoms. The van der Waals surface area contributed by atoms with Crippen molar-refractivity contribution in [1.82, 2.24) is 25.1 Å². The summed E-state index contributed by atoms with van der Waals surface area (Å²) in [6, 6.07) is 8.69. The third kappa shape index (κ3) is 3.86. The predicted octanol–water partition coefficient (Wildman–Crippen LogP) is 0.185. The Kier molecular flexibility index (Phi) is 4.94. The summed E-state index contributed by atoms with van der Waals surface area (Å²) in [5.74, 6) is -0.416. The van der Waals surface area contributed by atoms with Gasteiger partial charge in [-0.25, -0.2) is 4.79 Å². The van der Waals surface area contributed by atoms with E-state index in [2.05, 4.69) is 20.5 Å². The average Bonchev–Trinajstić information content (AvgIpc) is 3.04. The first-order valence-corrected chi connectivity index (χ1v) is 8.49. The van der Waals surface area contributed by atoms with E-state index in [0.29, 0.717) is 15.7 Å². The smallest absolute Gasteiger partial charge is 0.328 e. The van der Waals surface area contributed by atoms with Crippen LogP contribution in [0.15, 0.2) is 46.1 Å². The van der Waals surface area contributed by atoms with Crippen molar-refractivity contribution >= 4 is 22.4 Å². The molecule has 1 unspecified atom stereocenters. The van der Waals surface area contributed by atoms with Crippen molar-refractivity contribution in [2.45, 2.75) is 19.5 Å². The Balaban J connectivity index is 1.85. The van der Waals surface area contributed by atoms with Crippen molar-refractivity contribution in [2.75, 3.05) is 5.73 Å². The Labute approximate surface area is 151 Å². The van der Waals surface area contributed by atoms with Gasteiger partial charge >= 0.3 is 5.69 Å². The third-order valence-electron chi connectivity index (χ3n) is 3.64. The summed E-state index contributed by atoms with van der Waals surface area (Å²) in [4.78, 5) is 37.9. The van der Waals surface area contributed by atoms with Crippen molar-refractivity contribution in [1.29, 1.82) is 0 Å². The van der Waals surface area contributed by atoms with E-state index in [0.717, 1.165) is 10.1 Å². The quantitative estimate of drug-likeness (QED) is 0.585. The maximum atomic E-state index is 12.5. The summed E-state index contributed by atoms with van der Waals surface area (Å²) in [5, 5.41) is 11.5. The molecular weight excluding hydrogens is 356 g/mol. The molecule has 3 aromatic rings. The summed E-state index contributed by atoms with van der Waals surface area (Å²) in [6.45, 7) is 1.32. The fourth-order valence-corrected chi connectivity index (χ4v) is 3.08. The first kappa shape index (κ1) is 17.5. The van der Waals surface area contributed by atoms with Gasteiger partial charge in [0.25, 0.3) is 5.56 Å². The minimum absolute atomic E-state index is 0.242. The number of hydrogen-bond donors (Lipinski definition) is 3. The van der Waals surface area contributed by atoms with Gasteiger partial charge in [0.05, 0.1) is 0 Å². The highest BCUT2D eigenvalue weighted by Gasteiger charge is 2.21. The lowest BCUT2D eigenvalue weighted by atomic mass is 10.1. The number of H-pyrrole nitrogens is 1. The summed E-state index contributed by atoms with van der Waals surface area (Å²) < 4.78 is 1.14. The van der Waals surface area contributed by atoms with Crippen LogP contribution in [0.5, 0.6) is 0 Å². The number of amides is 1. The Morgan fingerprint density at radius 2 is 2.04 bits per heavy atom. The number of nitrogen functional groups attached to an aromatic ring is 1. The summed E-state index contributed by atoms with van der Waals surface area (Å²) >= 11 is 1.17. The van der Waals surface area contributed by atoms with Gasteiger partial charge in [0.1, 0.15) is 17.6 Å². The number of anilines is 1. The van der Waals surface area contributed by atoms with E-state index in [1.807, 2.05) is 30.3 Å². The summed E-state index contributed by atoms with van der Waals surface area (Å²) in [5.41, 5.74) is 5.68. The topological polar surface area (TPSA) is 136 Å². The number of nitrogens with one attached hydrogen (secondary N) is 2. The number of aromatic amines is 1. The van der Waals surface area contributed by atoms with Crippen molar-refractivity contribution in [3.05, 3.63) is 73.5 Å². The van der Waals surface area contributed by atoms with E-state index in [1.165, 1.54) is 17.5 Å². The Bertz CT molecular complexity index is 1040. The first-order chi connectivity index (χ1) is 12.4. The van der Waals surface area contributed by atoms with E-state index in [9.17, 15) is 14.4 Å². The molecule has 10 heteroatoms. The lowest BCUT2D eigenvalue weighted by Gasteiger charge is -2.17. The molecule has 1 atom stereocenters. The number of benzene rings is 1. The zero-order valence-corrected chi connectivity index (χ0v) is 14.6. The van der Waals surface area contributed by atoms with Crippen LogP contribution in [0.1, 0.15) is 22.2 Å². The first-order valence-electron chi connectivity index (χ1n) is 7.67. The van der Waals surface area contributed by atoms with Gasteiger partial charge in [-0.15, -0.1) is 10.2 Å². The standard InChI is InChI=1S/C16H16N6O3S/c1-9-7-22(16(25)19-13(9)24)8-11(23)18-12(10-5-3-2-4-6-10)14-20-21-15(17)26-14/h2-7,12H,8H2,1H3,(H2,17,21)(H,18,23)(H,19,24,25). The lowest BCUT2D eigenvalue weighted by Crippen LogP contribution is -2.38. The van der Waals surface area contributed by atoms with Crippen LogP contribution in [0.2, 0.25) is 0 Å². The maximum Gasteiger partial charge on any atom is 0.328 e. The molecule has 2 aromatic heterocycles. The van der Waals surface area contributed by atoms with Gasteiger partial charge < -0.3 is 11.1 Å². The van der Waals surface area contributed by atoms with Crippen molar-refractivity contribution < 1.29 is 4.79 Å². The number of aromatic nitrogens is 4. The molecule has 9 nitrogen and oxygen atoms in total. The van der Waals surface area contributed by atoms with Crippen LogP contribution in [0.25, 0.3) is 0 Å². The number of nitrogens with two attached hydrogens (primary N) is 1. The molecule has 0 saturated carbocycles. The number of aryl methyl sites for hydroxylation is 1. The summed E-state index contributed by atoms with van der Waals surface area (Å²) in [6.07, 6.45) is 1.35. The molecule has 0 aliphatic heterocycles. The zero-order valence-electron chi connectivity index (χ0n) is 13.8. The second-order valence-electron chi connectivity index (χ2n) is 5.59. The molecule has 3 rings (SSSR count). The number of carbonyl (C=O) groups is 1. The molecule has 0 fully saturated rings. The number of carbonyl (C=O) groups excluding carboxylic acids is 1. The van der Waals surface area contributed by atoms with Gasteiger partial charge in [-0.3, -0.25) is 19.1 Å². The molecule has 0 saturated heterocycles. The van der Waals surface area contributed by atoms with Crippen LogP contribution >= 0.6 is 11.3 Å². The Hall–Kier alpha value is -3.27. The highest BCUT2D eigenvalue weighted by Crippen LogP contribution is 2.25. The molecule has 4 N–H and O–H groups in total. The molecule has 0 radical (unpaired) electrons. The van der Waals surface area contributed by atoms with Crippen LogP contribution in [0.3, 0.4) is 0 Å². The number of nitrogens with zero attached hydrogens (tertiary/aromatic N) is 3. The maximum absolute atomic E-state index is 12.5. The fraction of sp³-hybridized carbons (Fsp3) is 0.188. The fourth-order valence-electron chi connectivity index (χ4n) is 2.39. The van der Waals surface area contributed by atoms with Crippen molar-refractivity contribution in [3.63, 3.8) is 0 Å². The van der Waals surface area contributed by atoms with Crippen molar-refractivity contribution in [2.24, 2.45) is 0 Å². The van der Waals surface area contributed by atoms with Gasteiger partial charge in [0.15, 0.2) is 0 Å². The molecular formula is C16H16N6O3S. The lowest BCUT2D eigenvalue weighted by molar-refractivity contribution is -0.122. The normalized spacial score (nSPS) is 11.9. The predicted molar refractivity (Wildman–Crippen MR) is 96.8 cm³/mol. The summed E-state index contributed by atoms with van der Waals surface area (Å²) in [7, 11) is 0. The van der Waals surface area contributed by atoms with E-state index in [1.54, 1.807) is 6.92 Å². The van der Waals surface area contributed by atoms with Crippen molar-refractivity contribution in [3.8, 4) is 0 Å². The SMILES string of the molecule is Cc1cn(CC(=O)NC(c2ccccc2)c2nnc(N)s2)c(=O)[nH]c1=O. The molecule has 0 aliphatic rings. The Morgan fingerprint density at radius 1 is 1.31 bits per heavy atom. The van der Waals surface area contributed by atoms with Gasteiger partial charge in [-0.05, 0) is 12.5 Å². The molecule has 134 valence electrons. The van der Waals surface area contributed by atoms with Crippen LogP contribution in [-0.4, -0.2) is 25.7 Å². The highest BCUT2D eigenvalue weighted by molar-refractivity contribution is 7.15. The van der Waals surface area contributed by atoms with Gasteiger partial charge in [-0.1, -0.05) is 41.7 Å². The second-order valence-corrected chi connectivity index (χ2v) is 6.63. The van der Waals surface area contributed by atoms with Gasteiger partial charge in [0.2, 0.25) is 11.0 Å². The zero-order chi connectivity index (χ0) is 18.7. The van der Waals surface area contributed by atoms with Gasteiger partial charge in [-0.2, -0.15) is 0 Å². The van der Waals surface area contributed by atoms with Crippen LogP contribution in [-0.2, 0) is 11.3 Å². The van der Waals surface area contributed by atoms with E-state index in [4.69, 9.17) is 5.73 Å². The monoisotopic (exact) mass is 372 g/mol. The van der Waals surface area contributed by atoms with Crippen LogP contribution in [0, 0.1) is 6.92 Å². The molecule has 0 aliphatic carbocycles. The molecule has 2 heterocycles. The number of hydrogen-bond acceptors (Lipinski definition) is 7. The molecule has 0 bridgehead atoms. The van der Waals surface area contributed by atoms with Crippen LogP contribution < -0.4 is 22.3 Å². The molecule has 1 amide bonds. The molecule has 1 aromatic carbocycles. The molecule has 0 spiro atoms. The third-order valence-corrected chi connectivity index (χ3v) is 4.46. The van der Waals surface area contributed by atoms with Crippen LogP contribution in [0.4, 0.5) is 5.13 Å². The highest BCUT2D eigenvalue weighted by atomic mass is 32.1. The second kappa shape index (κ2) is 7.31. The number of rotatable bonds is 5. The average molecular weight is 372 g/mol. The van der Waals surface area contributed by atoms with E-state index in [-0.39, 0.29) is 6.54 Å². The van der Waals surface area contributed by atoms with E-state index >= 15 is 0 Å².